The van der Waals surface area contributed by atoms with Crippen LogP contribution in [0.4, 0.5) is 11.4 Å². The summed E-state index contributed by atoms with van der Waals surface area (Å²) >= 11 is 0. The number of benzene rings is 2. The second kappa shape index (κ2) is 9.53. The minimum absolute atomic E-state index is 0.299. The highest BCUT2D eigenvalue weighted by molar-refractivity contribution is 6.06. The molecule has 2 aromatic heterocycles. The normalized spacial score (nSPS) is 10.8. The number of hydrogen-bond acceptors (Lipinski definition) is 5. The first-order chi connectivity index (χ1) is 15.6. The molecule has 2 heterocycles. The fraction of sp³-hybridized carbons (Fsp3) is 0.0400. The highest BCUT2D eigenvalue weighted by Gasteiger charge is 2.11. The highest BCUT2D eigenvalue weighted by Crippen LogP contribution is 2.28. The van der Waals surface area contributed by atoms with Crippen molar-refractivity contribution in [1.29, 1.82) is 0 Å². The van der Waals surface area contributed by atoms with E-state index in [0.717, 1.165) is 16.5 Å². The molecule has 0 fully saturated rings. The minimum atomic E-state index is -0.306. The largest absolute Gasteiger partial charge is 0.494 e. The maximum Gasteiger partial charge on any atom is 0.257 e. The molecule has 0 radical (unpaired) electrons. The van der Waals surface area contributed by atoms with E-state index in [1.165, 1.54) is 19.4 Å². The van der Waals surface area contributed by atoms with Gasteiger partial charge in [0.2, 0.25) is 5.91 Å². The number of amides is 2. The summed E-state index contributed by atoms with van der Waals surface area (Å²) < 4.78 is 5.37. The number of nitrogens with one attached hydrogen (secondary N) is 2. The molecule has 2 N–H and O–H groups in total. The van der Waals surface area contributed by atoms with Crippen molar-refractivity contribution in [3.8, 4) is 5.75 Å². The SMILES string of the molecule is COc1cc(NC(=O)/C=C/c2cccc3cccnc23)ccc1NC(=O)c1cccnc1. The number of hydrogen-bond donors (Lipinski definition) is 2. The summed E-state index contributed by atoms with van der Waals surface area (Å²) in [4.78, 5) is 33.1. The zero-order valence-electron chi connectivity index (χ0n) is 17.3. The molecule has 32 heavy (non-hydrogen) atoms. The molecular formula is C25H20N4O3. The zero-order valence-corrected chi connectivity index (χ0v) is 17.3. The lowest BCUT2D eigenvalue weighted by atomic mass is 10.1. The third kappa shape index (κ3) is 4.79. The number of ether oxygens (including phenoxy) is 1. The Bertz CT molecular complexity index is 1300. The van der Waals surface area contributed by atoms with Crippen molar-refractivity contribution in [1.82, 2.24) is 9.97 Å². The van der Waals surface area contributed by atoms with E-state index >= 15 is 0 Å². The number of carbonyl (C=O) groups is 2. The second-order valence-corrected chi connectivity index (χ2v) is 6.86. The van der Waals surface area contributed by atoms with Crippen LogP contribution in [-0.2, 0) is 4.79 Å². The molecule has 158 valence electrons. The quantitative estimate of drug-likeness (QED) is 0.443. The molecule has 0 saturated carbocycles. The van der Waals surface area contributed by atoms with Crippen LogP contribution in [0.25, 0.3) is 17.0 Å². The van der Waals surface area contributed by atoms with Crippen LogP contribution in [0.1, 0.15) is 15.9 Å². The Hall–Kier alpha value is -4.52. The van der Waals surface area contributed by atoms with Gasteiger partial charge in [0.1, 0.15) is 5.75 Å². The molecule has 0 aliphatic carbocycles. The van der Waals surface area contributed by atoms with Crippen LogP contribution in [0.15, 0.2) is 85.3 Å². The van der Waals surface area contributed by atoms with E-state index in [2.05, 4.69) is 20.6 Å². The number of carbonyl (C=O) groups excluding carboxylic acids is 2. The lowest BCUT2D eigenvalue weighted by Crippen LogP contribution is -2.13. The van der Waals surface area contributed by atoms with Gasteiger partial charge in [0.15, 0.2) is 0 Å². The van der Waals surface area contributed by atoms with E-state index in [9.17, 15) is 9.59 Å². The molecule has 0 unspecified atom stereocenters. The molecule has 0 bridgehead atoms. The van der Waals surface area contributed by atoms with Crippen molar-refractivity contribution < 1.29 is 14.3 Å². The van der Waals surface area contributed by atoms with Gasteiger partial charge in [0, 0.05) is 47.4 Å². The zero-order chi connectivity index (χ0) is 22.3. The summed E-state index contributed by atoms with van der Waals surface area (Å²) in [6, 6.07) is 18.0. The summed E-state index contributed by atoms with van der Waals surface area (Å²) in [5.74, 6) is -0.186. The molecule has 7 heteroatoms. The molecule has 0 spiro atoms. The fourth-order valence-electron chi connectivity index (χ4n) is 3.18. The van der Waals surface area contributed by atoms with Gasteiger partial charge in [-0.15, -0.1) is 0 Å². The molecule has 0 saturated heterocycles. The molecule has 7 nitrogen and oxygen atoms in total. The van der Waals surface area contributed by atoms with Crippen molar-refractivity contribution in [3.05, 3.63) is 96.5 Å². The van der Waals surface area contributed by atoms with Crippen molar-refractivity contribution in [2.45, 2.75) is 0 Å². The Balaban J connectivity index is 1.46. The summed E-state index contributed by atoms with van der Waals surface area (Å²) in [7, 11) is 1.49. The van der Waals surface area contributed by atoms with Crippen LogP contribution in [0.3, 0.4) is 0 Å². The Morgan fingerprint density at radius 2 is 1.81 bits per heavy atom. The summed E-state index contributed by atoms with van der Waals surface area (Å²) in [5, 5.41) is 6.59. The van der Waals surface area contributed by atoms with Crippen molar-refractivity contribution in [2.24, 2.45) is 0 Å². The number of pyridine rings is 2. The third-order valence-electron chi connectivity index (χ3n) is 4.72. The van der Waals surface area contributed by atoms with Crippen LogP contribution < -0.4 is 15.4 Å². The van der Waals surface area contributed by atoms with Crippen LogP contribution in [0, 0.1) is 0 Å². The fourth-order valence-corrected chi connectivity index (χ4v) is 3.18. The predicted molar refractivity (Wildman–Crippen MR) is 125 cm³/mol. The first-order valence-electron chi connectivity index (χ1n) is 9.86. The van der Waals surface area contributed by atoms with E-state index in [1.54, 1.807) is 48.8 Å². The van der Waals surface area contributed by atoms with Crippen LogP contribution >= 0.6 is 0 Å². The standard InChI is InChI=1S/C25H20N4O3/c1-32-22-15-20(10-11-21(22)29-25(31)19-8-3-13-26-16-19)28-23(30)12-9-18-6-2-5-17-7-4-14-27-24(17)18/h2-16H,1H3,(H,28,30)(H,29,31)/b12-9+. The van der Waals surface area contributed by atoms with Crippen LogP contribution in [0.5, 0.6) is 5.75 Å². The number of anilines is 2. The van der Waals surface area contributed by atoms with Gasteiger partial charge in [-0.25, -0.2) is 0 Å². The monoisotopic (exact) mass is 424 g/mol. The summed E-state index contributed by atoms with van der Waals surface area (Å²) in [6.45, 7) is 0. The third-order valence-corrected chi connectivity index (χ3v) is 4.72. The number of para-hydroxylation sites is 1. The Morgan fingerprint density at radius 3 is 2.62 bits per heavy atom. The lowest BCUT2D eigenvalue weighted by molar-refractivity contribution is -0.111. The molecule has 0 aliphatic rings. The Morgan fingerprint density at radius 1 is 0.969 bits per heavy atom. The number of aromatic nitrogens is 2. The van der Waals surface area contributed by atoms with E-state index in [-0.39, 0.29) is 11.8 Å². The second-order valence-electron chi connectivity index (χ2n) is 6.86. The minimum Gasteiger partial charge on any atom is -0.494 e. The summed E-state index contributed by atoms with van der Waals surface area (Å²) in [5.41, 5.74) is 3.13. The van der Waals surface area contributed by atoms with Crippen molar-refractivity contribution in [3.63, 3.8) is 0 Å². The highest BCUT2D eigenvalue weighted by atomic mass is 16.5. The average molecular weight is 424 g/mol. The molecule has 4 rings (SSSR count). The van der Waals surface area contributed by atoms with Gasteiger partial charge in [-0.1, -0.05) is 24.3 Å². The number of fused-ring (bicyclic) bond motifs is 1. The van der Waals surface area contributed by atoms with Gasteiger partial charge in [0.05, 0.1) is 23.9 Å². The van der Waals surface area contributed by atoms with Crippen molar-refractivity contribution in [2.75, 3.05) is 17.7 Å². The number of methoxy groups -OCH3 is 1. The molecule has 4 aromatic rings. The van der Waals surface area contributed by atoms with Gasteiger partial charge >= 0.3 is 0 Å². The average Bonchev–Trinajstić information content (AvgIpc) is 2.84. The maximum absolute atomic E-state index is 12.4. The van der Waals surface area contributed by atoms with Gasteiger partial charge in [0.25, 0.3) is 5.91 Å². The predicted octanol–water partition coefficient (Wildman–Crippen LogP) is 4.54. The molecule has 0 atom stereocenters. The smallest absolute Gasteiger partial charge is 0.257 e. The van der Waals surface area contributed by atoms with Gasteiger partial charge in [-0.2, -0.15) is 0 Å². The molecule has 2 amide bonds. The Kier molecular flexibility index (Phi) is 6.17. The van der Waals surface area contributed by atoms with Crippen LogP contribution in [0.2, 0.25) is 0 Å². The van der Waals surface area contributed by atoms with E-state index in [1.807, 2.05) is 30.3 Å². The molecule has 2 aromatic carbocycles. The van der Waals surface area contributed by atoms with Crippen LogP contribution in [-0.4, -0.2) is 28.9 Å². The first-order valence-corrected chi connectivity index (χ1v) is 9.86. The van der Waals surface area contributed by atoms with E-state index < -0.39 is 0 Å². The first kappa shape index (κ1) is 20.7. The number of nitrogens with zero attached hydrogens (tertiary/aromatic N) is 2. The molecular weight excluding hydrogens is 404 g/mol. The molecule has 0 aliphatic heterocycles. The lowest BCUT2D eigenvalue weighted by Gasteiger charge is -2.12. The number of rotatable bonds is 6. The topological polar surface area (TPSA) is 93.2 Å². The van der Waals surface area contributed by atoms with E-state index in [4.69, 9.17) is 4.74 Å². The van der Waals surface area contributed by atoms with E-state index in [0.29, 0.717) is 22.7 Å². The van der Waals surface area contributed by atoms with Gasteiger partial charge in [-0.3, -0.25) is 19.6 Å². The Labute approximate surface area is 184 Å². The van der Waals surface area contributed by atoms with Crippen molar-refractivity contribution >= 4 is 40.2 Å². The van der Waals surface area contributed by atoms with Gasteiger partial charge < -0.3 is 15.4 Å². The maximum atomic E-state index is 12.4. The van der Waals surface area contributed by atoms with Gasteiger partial charge in [-0.05, 0) is 36.4 Å². The summed E-state index contributed by atoms with van der Waals surface area (Å²) in [6.07, 6.45) is 7.98.